The van der Waals surface area contributed by atoms with Gasteiger partial charge in [-0.15, -0.1) is 0 Å². The van der Waals surface area contributed by atoms with Gasteiger partial charge < -0.3 is 14.6 Å². The molecule has 1 rings (SSSR count). The maximum absolute atomic E-state index is 11.9. The van der Waals surface area contributed by atoms with Crippen LogP contribution >= 0.6 is 0 Å². The third-order valence-electron chi connectivity index (χ3n) is 1.81. The van der Waals surface area contributed by atoms with Crippen LogP contribution < -0.4 is 0 Å². The van der Waals surface area contributed by atoms with Crippen LogP contribution in [0, 0.1) is 0 Å². The maximum Gasteiger partial charge on any atom is 0.329 e. The van der Waals surface area contributed by atoms with E-state index in [1.807, 2.05) is 0 Å². The van der Waals surface area contributed by atoms with Gasteiger partial charge in [-0.05, 0) is 0 Å². The van der Waals surface area contributed by atoms with Crippen LogP contribution in [-0.2, 0) is 28.8 Å². The molecule has 1 amide bonds. The Bertz CT molecular complexity index is 372. The van der Waals surface area contributed by atoms with E-state index in [0.29, 0.717) is 13.2 Å². The summed E-state index contributed by atoms with van der Waals surface area (Å²) in [4.78, 5) is 21.3. The third-order valence-corrected chi connectivity index (χ3v) is 3.96. The number of carbonyl (C=O) groups excluding carboxylic acids is 1. The molecule has 0 aromatic rings. The lowest BCUT2D eigenvalue weighted by molar-refractivity contribution is -0.143. The molecule has 0 aliphatic carbocycles. The average Bonchev–Trinajstić information content (AvgIpc) is 2.17. The molecule has 1 aliphatic heterocycles. The molecule has 0 saturated carbocycles. The molecule has 1 N–H and O–H groups in total. The zero-order valence-corrected chi connectivity index (χ0v) is 9.40. The number of carboxylic acids is 1. The summed E-state index contributed by atoms with van der Waals surface area (Å²) in [5.41, 5.74) is 0. The highest BCUT2D eigenvalue weighted by Gasteiger charge is 2.16. The van der Waals surface area contributed by atoms with E-state index in [1.54, 1.807) is 0 Å². The largest absolute Gasteiger partial charge is 0.480 e. The summed E-state index contributed by atoms with van der Waals surface area (Å²) in [5.74, 6) is -1.38. The molecule has 7 nitrogen and oxygen atoms in total. The van der Waals surface area contributed by atoms with Crippen molar-refractivity contribution < 1.29 is 28.4 Å². The minimum absolute atomic E-state index is 0.234. The summed E-state index contributed by atoms with van der Waals surface area (Å²) in [7, 11) is -2.52. The van der Waals surface area contributed by atoms with E-state index < -0.39 is 34.8 Å². The molecule has 1 saturated heterocycles. The van der Waals surface area contributed by atoms with Gasteiger partial charge in [-0.1, -0.05) is 0 Å². The Morgan fingerprint density at radius 2 is 1.94 bits per heavy atom. The summed E-state index contributed by atoms with van der Waals surface area (Å²) >= 11 is 0. The van der Waals surface area contributed by atoms with Crippen molar-refractivity contribution in [3.63, 3.8) is 0 Å². The molecular formula is C8H13NO6S. The summed E-state index contributed by atoms with van der Waals surface area (Å²) in [6, 6.07) is 0. The number of aliphatic carboxylic acids is 1. The van der Waals surface area contributed by atoms with Crippen LogP contribution in [0.4, 0.5) is 0 Å². The quantitative estimate of drug-likeness (QED) is 0.695. The van der Waals surface area contributed by atoms with Crippen LogP contribution in [0.1, 0.15) is 0 Å². The number of rotatable bonds is 4. The van der Waals surface area contributed by atoms with Crippen LogP contribution in [-0.4, -0.2) is 59.1 Å². The van der Waals surface area contributed by atoms with Crippen LogP contribution in [0.2, 0.25) is 0 Å². The first-order valence-corrected chi connectivity index (χ1v) is 6.50. The number of nitrogens with zero attached hydrogens (tertiary/aromatic N) is 1. The van der Waals surface area contributed by atoms with Crippen molar-refractivity contribution in [2.45, 2.75) is 0 Å². The lowest BCUT2D eigenvalue weighted by Gasteiger charge is -2.15. The van der Waals surface area contributed by atoms with Gasteiger partial charge in [0.1, 0.15) is 13.2 Å². The molecule has 1 heterocycles. The van der Waals surface area contributed by atoms with Crippen molar-refractivity contribution in [2.75, 3.05) is 37.9 Å². The van der Waals surface area contributed by atoms with Gasteiger partial charge in [0.2, 0.25) is 0 Å². The second kappa shape index (κ2) is 5.92. The second-order valence-corrected chi connectivity index (χ2v) is 5.71. The zero-order chi connectivity index (χ0) is 12.0. The van der Waals surface area contributed by atoms with Crippen LogP contribution in [0.3, 0.4) is 0 Å². The third kappa shape index (κ3) is 4.69. The molecule has 0 aromatic carbocycles. The predicted octanol–water partition coefficient (Wildman–Crippen LogP) is -0.888. The minimum atomic E-state index is -2.52. The van der Waals surface area contributed by atoms with E-state index in [0.717, 1.165) is 0 Å². The number of ether oxygens (including phenoxy) is 2. The first-order valence-electron chi connectivity index (χ1n) is 4.64. The standard InChI is InChI=1S/C8H13NO6S/c10-7(5-15-6-8(11)12)9-16(13)3-1-14-2-4-16/h1-6H2,(H,11,12). The lowest BCUT2D eigenvalue weighted by atomic mass is 10.7. The van der Waals surface area contributed by atoms with Crippen molar-refractivity contribution in [2.24, 2.45) is 4.36 Å². The normalized spacial score (nSPS) is 19.0. The number of amides is 1. The highest BCUT2D eigenvalue weighted by molar-refractivity contribution is 7.93. The summed E-state index contributed by atoms with van der Waals surface area (Å²) < 4.78 is 25.0. The SMILES string of the molecule is O=C(O)COCC(=O)N=S1(=O)CCOCC1. The zero-order valence-electron chi connectivity index (χ0n) is 8.59. The molecule has 0 spiro atoms. The average molecular weight is 251 g/mol. The molecule has 0 unspecified atom stereocenters. The fourth-order valence-corrected chi connectivity index (χ4v) is 2.68. The Morgan fingerprint density at radius 1 is 1.31 bits per heavy atom. The number of carboxylic acid groups (broad SMARTS) is 1. The van der Waals surface area contributed by atoms with E-state index in [9.17, 15) is 13.8 Å². The van der Waals surface area contributed by atoms with E-state index in [2.05, 4.69) is 9.10 Å². The molecule has 1 aliphatic rings. The Kier molecular flexibility index (Phi) is 4.84. The molecule has 0 aromatic heterocycles. The molecule has 0 bridgehead atoms. The van der Waals surface area contributed by atoms with Crippen molar-refractivity contribution in [3.05, 3.63) is 0 Å². The Morgan fingerprint density at radius 3 is 2.50 bits per heavy atom. The van der Waals surface area contributed by atoms with Crippen molar-refractivity contribution >= 4 is 21.6 Å². The van der Waals surface area contributed by atoms with Gasteiger partial charge in [-0.2, -0.15) is 4.36 Å². The summed E-state index contributed by atoms with van der Waals surface area (Å²) in [5, 5.41) is 8.26. The molecule has 16 heavy (non-hydrogen) atoms. The Balaban J connectivity index is 2.45. The van der Waals surface area contributed by atoms with Crippen molar-refractivity contribution in [1.82, 2.24) is 0 Å². The highest BCUT2D eigenvalue weighted by Crippen LogP contribution is 2.03. The van der Waals surface area contributed by atoms with Gasteiger partial charge in [0, 0.05) is 0 Å². The lowest BCUT2D eigenvalue weighted by Crippen LogP contribution is -2.27. The van der Waals surface area contributed by atoms with Crippen LogP contribution in [0.25, 0.3) is 0 Å². The second-order valence-electron chi connectivity index (χ2n) is 3.16. The smallest absolute Gasteiger partial charge is 0.329 e. The maximum atomic E-state index is 11.9. The summed E-state index contributed by atoms with van der Waals surface area (Å²) in [6.07, 6.45) is 0. The molecular weight excluding hydrogens is 238 g/mol. The monoisotopic (exact) mass is 251 g/mol. The van der Waals surface area contributed by atoms with Gasteiger partial charge in [0.15, 0.2) is 0 Å². The first kappa shape index (κ1) is 13.1. The van der Waals surface area contributed by atoms with Crippen molar-refractivity contribution in [3.8, 4) is 0 Å². The predicted molar refractivity (Wildman–Crippen MR) is 54.6 cm³/mol. The molecule has 1 fully saturated rings. The number of hydrogen-bond donors (Lipinski definition) is 1. The van der Waals surface area contributed by atoms with E-state index in [4.69, 9.17) is 9.84 Å². The van der Waals surface area contributed by atoms with Gasteiger partial charge in [-0.25, -0.2) is 9.00 Å². The first-order chi connectivity index (χ1) is 7.52. The highest BCUT2D eigenvalue weighted by atomic mass is 32.2. The Labute approximate surface area is 92.9 Å². The number of hydrogen-bond acceptors (Lipinski definition) is 5. The topological polar surface area (TPSA) is 102 Å². The van der Waals surface area contributed by atoms with Gasteiger partial charge >= 0.3 is 5.97 Å². The Hall–Kier alpha value is -0.990. The van der Waals surface area contributed by atoms with Gasteiger partial charge in [0.25, 0.3) is 5.91 Å². The molecule has 8 heteroatoms. The van der Waals surface area contributed by atoms with Crippen LogP contribution in [0.15, 0.2) is 4.36 Å². The van der Waals surface area contributed by atoms with E-state index in [1.165, 1.54) is 0 Å². The van der Waals surface area contributed by atoms with Gasteiger partial charge in [-0.3, -0.25) is 4.79 Å². The van der Waals surface area contributed by atoms with Crippen molar-refractivity contribution in [1.29, 1.82) is 0 Å². The molecule has 0 atom stereocenters. The van der Waals surface area contributed by atoms with E-state index in [-0.39, 0.29) is 11.5 Å². The van der Waals surface area contributed by atoms with E-state index >= 15 is 0 Å². The molecule has 92 valence electrons. The minimum Gasteiger partial charge on any atom is -0.480 e. The fourth-order valence-electron chi connectivity index (χ4n) is 1.11. The number of carbonyl (C=O) groups is 2. The van der Waals surface area contributed by atoms with Crippen LogP contribution in [0.5, 0.6) is 0 Å². The summed E-state index contributed by atoms with van der Waals surface area (Å²) in [6.45, 7) is -0.368. The fraction of sp³-hybridized carbons (Fsp3) is 0.750. The molecule has 0 radical (unpaired) electrons. The van der Waals surface area contributed by atoms with Gasteiger partial charge in [0.05, 0.1) is 34.4 Å².